The minimum atomic E-state index is -1.96. The average molecular weight is 1270 g/mol. The third kappa shape index (κ3) is 14.8. The molecule has 0 radical (unpaired) electrons. The van der Waals surface area contributed by atoms with E-state index in [4.69, 9.17) is 86.1 Å². The molecule has 4 N–H and O–H groups in total. The minimum Gasteiger partial charge on any atom is -0.487 e. The van der Waals surface area contributed by atoms with Crippen LogP contribution in [-0.2, 0) is 25.6 Å². The summed E-state index contributed by atoms with van der Waals surface area (Å²) in [6, 6.07) is 31.1. The first-order chi connectivity index (χ1) is 40.7. The van der Waals surface area contributed by atoms with Crippen LogP contribution in [0.5, 0.6) is 23.0 Å². The summed E-state index contributed by atoms with van der Waals surface area (Å²) in [4.78, 5) is 49.1. The number of fused-ring (bicyclic) bond motifs is 2. The number of rotatable bonds is 20. The van der Waals surface area contributed by atoms with E-state index in [9.17, 15) is 18.6 Å². The Kier molecular flexibility index (Phi) is 20.0. The van der Waals surface area contributed by atoms with Crippen molar-refractivity contribution in [1.29, 1.82) is 0 Å². The van der Waals surface area contributed by atoms with E-state index in [1.54, 1.807) is 79.7 Å². The summed E-state index contributed by atoms with van der Waals surface area (Å²) in [7, 11) is 0. The van der Waals surface area contributed by atoms with Gasteiger partial charge in [0.05, 0.1) is 44.1 Å². The highest BCUT2D eigenvalue weighted by molar-refractivity contribution is 7.78. The smallest absolute Gasteiger partial charge is 0.343 e. The molecule has 0 saturated carbocycles. The molecule has 3 aromatic heterocycles. The highest BCUT2D eigenvalue weighted by atomic mass is 35.5. The van der Waals surface area contributed by atoms with Crippen LogP contribution >= 0.6 is 58.0 Å². The van der Waals surface area contributed by atoms with Gasteiger partial charge in [0.2, 0.25) is 0 Å². The van der Waals surface area contributed by atoms with Gasteiger partial charge in [-0.05, 0) is 125 Å². The molecule has 4 heterocycles. The number of ether oxygens (including phenoxy) is 4. The Morgan fingerprint density at radius 2 is 1.55 bits per heavy atom. The fraction of sp³-hybridized carbons (Fsp3) is 0.241. The summed E-state index contributed by atoms with van der Waals surface area (Å²) in [5.41, 5.74) is 9.33. The fourth-order valence-corrected chi connectivity index (χ4v) is 10.6. The van der Waals surface area contributed by atoms with Gasteiger partial charge in [0.25, 0.3) is 23.1 Å². The number of anilines is 2. The van der Waals surface area contributed by atoms with Crippen molar-refractivity contribution in [3.63, 3.8) is 0 Å². The summed E-state index contributed by atoms with van der Waals surface area (Å²) >= 11 is 29.8. The summed E-state index contributed by atoms with van der Waals surface area (Å²) in [6.07, 6.45) is -0.771. The second-order valence-corrected chi connectivity index (χ2v) is 22.3. The molecule has 1 saturated heterocycles. The molecule has 4 unspecified atom stereocenters. The maximum absolute atomic E-state index is 14.1. The Morgan fingerprint density at radius 1 is 0.824 bits per heavy atom. The van der Waals surface area contributed by atoms with Gasteiger partial charge < -0.3 is 28.4 Å². The van der Waals surface area contributed by atoms with Crippen molar-refractivity contribution in [1.82, 2.24) is 45.0 Å². The summed E-state index contributed by atoms with van der Waals surface area (Å²) in [5.74, 6) is 0.557. The number of nitrogens with one attached hydrogen (secondary N) is 4. The number of carbonyl (C=O) groups excluding carboxylic acids is 3. The van der Waals surface area contributed by atoms with Crippen molar-refractivity contribution in [2.45, 2.75) is 66.5 Å². The molecule has 85 heavy (non-hydrogen) atoms. The number of amides is 2. The number of aryl methyl sites for hydroxylation is 4. The number of aliphatic imine (C=N–C) groups is 1. The van der Waals surface area contributed by atoms with E-state index in [1.165, 1.54) is 26.5 Å². The third-order valence-corrected chi connectivity index (χ3v) is 15.1. The number of carbonyl (C=O) groups is 3. The average Bonchev–Trinajstić information content (AvgIpc) is 2.93. The van der Waals surface area contributed by atoms with Crippen molar-refractivity contribution in [3.8, 4) is 23.0 Å². The molecule has 0 bridgehead atoms. The molecule has 6 aromatic carbocycles. The van der Waals surface area contributed by atoms with Crippen LogP contribution < -0.4 is 38.9 Å². The first kappa shape index (κ1) is 61.8. The molecule has 0 spiro atoms. The molecule has 9 aromatic rings. The van der Waals surface area contributed by atoms with Gasteiger partial charge in [-0.1, -0.05) is 112 Å². The van der Waals surface area contributed by atoms with Gasteiger partial charge in [-0.3, -0.25) is 20.1 Å². The zero-order valence-corrected chi connectivity index (χ0v) is 51.2. The zero-order valence-electron chi connectivity index (χ0n) is 46.6. The number of amidine groups is 1. The Morgan fingerprint density at radius 3 is 2.28 bits per heavy atom. The van der Waals surface area contributed by atoms with Crippen molar-refractivity contribution in [2.24, 2.45) is 4.99 Å². The van der Waals surface area contributed by atoms with E-state index in [2.05, 4.69) is 41.0 Å². The zero-order chi connectivity index (χ0) is 60.6. The number of benzene rings is 6. The SMILES string of the molecule is CCOCCOc1ccc(NC(=O)C(C)Oc2ccc(C)cc2C)cc1OS(=O)NCC(C)c1nc2c(Cl)c(C)[nH]n2n1.Cc1ccc(Cl)c(N=C2NN(c3c(Cl)cc(Cl)cc3Cl)C(=O)C2n2nnc3ccc(C(=O)Oc4ccccc4)cc32)c1. The first-order valence-corrected chi connectivity index (χ1v) is 29.3. The highest BCUT2D eigenvalue weighted by Gasteiger charge is 2.43. The quantitative estimate of drug-likeness (QED) is 0.0315. The molecule has 0 aliphatic carbocycles. The van der Waals surface area contributed by atoms with Crippen molar-refractivity contribution in [2.75, 3.05) is 36.7 Å². The normalized spacial score (nSPS) is 14.6. The Hall–Kier alpha value is -7.80. The molecule has 1 fully saturated rings. The number of H-pyrrole nitrogens is 1. The largest absolute Gasteiger partial charge is 0.487 e. The predicted octanol–water partition coefficient (Wildman–Crippen LogP) is 12.2. The van der Waals surface area contributed by atoms with Crippen LogP contribution in [-0.4, -0.2) is 95.1 Å². The lowest BCUT2D eigenvalue weighted by Crippen LogP contribution is -2.36. The van der Waals surface area contributed by atoms with Crippen LogP contribution in [0.1, 0.15) is 71.3 Å². The van der Waals surface area contributed by atoms with Gasteiger partial charge in [-0.15, -0.1) is 10.2 Å². The molecule has 10 rings (SSSR count). The lowest BCUT2D eigenvalue weighted by atomic mass is 10.1. The van der Waals surface area contributed by atoms with Crippen LogP contribution in [0.15, 0.2) is 120 Å². The number of esters is 1. The number of aromatic nitrogens is 7. The highest BCUT2D eigenvalue weighted by Crippen LogP contribution is 2.40. The number of hydrazine groups is 1. The van der Waals surface area contributed by atoms with Crippen LogP contribution in [0.3, 0.4) is 0 Å². The second-order valence-electron chi connectivity index (χ2n) is 19.3. The third-order valence-electron chi connectivity index (χ3n) is 12.8. The van der Waals surface area contributed by atoms with Gasteiger partial charge in [0.1, 0.15) is 34.3 Å². The van der Waals surface area contributed by atoms with E-state index in [0.717, 1.165) is 22.4 Å². The van der Waals surface area contributed by atoms with Crippen molar-refractivity contribution < 1.29 is 41.7 Å². The fourth-order valence-electron chi connectivity index (χ4n) is 8.51. The van der Waals surface area contributed by atoms with Crippen LogP contribution in [0.2, 0.25) is 25.1 Å². The minimum absolute atomic E-state index is 0.135. The predicted molar refractivity (Wildman–Crippen MR) is 329 cm³/mol. The number of hydrogen-bond acceptors (Lipinski definition) is 14. The lowest BCUT2D eigenvalue weighted by Gasteiger charge is -2.19. The Bertz CT molecular complexity index is 3990. The summed E-state index contributed by atoms with van der Waals surface area (Å²) in [6.45, 7) is 14.5. The molecule has 2 amide bonds. The summed E-state index contributed by atoms with van der Waals surface area (Å²) < 4.78 is 46.9. The van der Waals surface area contributed by atoms with Gasteiger partial charge in [0.15, 0.2) is 41.0 Å². The molecular weight excluding hydrogens is 1220 g/mol. The van der Waals surface area contributed by atoms with Crippen molar-refractivity contribution >= 4 is 127 Å². The maximum Gasteiger partial charge on any atom is 0.343 e. The summed E-state index contributed by atoms with van der Waals surface area (Å²) in [5, 5.41) is 21.3. The van der Waals surface area contributed by atoms with Crippen LogP contribution in [0.25, 0.3) is 16.7 Å². The van der Waals surface area contributed by atoms with Crippen LogP contribution in [0.4, 0.5) is 17.1 Å². The van der Waals surface area contributed by atoms with Gasteiger partial charge >= 0.3 is 5.97 Å². The molecule has 1 aliphatic heterocycles. The first-order valence-electron chi connectivity index (χ1n) is 26.3. The van der Waals surface area contributed by atoms with Gasteiger partial charge in [0, 0.05) is 35.8 Å². The number of aromatic amines is 1. The standard InChI is InChI=1S/C29H18Cl4N6O3.C29H37ClN6O6S/c1-15-7-9-19(31)23(11-15)34-27-26(28(40)39(36-27)25-20(32)13-17(30)14-21(25)33)38-24-12-16(8-10-22(24)35-37-38)29(41)42-18-5-3-2-4-6-18;1-7-39-12-13-40-24-11-9-22(32-29(37)21(6)41-23-10-8-17(2)14-18(23)3)15-25(24)42-43(38)31-16-19(4)27-33-28-26(30)20(5)34-36(28)35-27/h2-14,26H,1H3,(H,34,36);8-11,14-15,19,21,31,34H,7,12-13,16H2,1-6H3,(H,32,37). The Labute approximate surface area is 515 Å². The lowest BCUT2D eigenvalue weighted by molar-refractivity contribution is -0.122. The van der Waals surface area contributed by atoms with E-state index in [1.807, 2.05) is 71.9 Å². The van der Waals surface area contributed by atoms with Crippen molar-refractivity contribution in [3.05, 3.63) is 174 Å². The van der Waals surface area contributed by atoms with Gasteiger partial charge in [-0.25, -0.2) is 29.2 Å². The molecular formula is C58H55Cl5N12O9S. The molecule has 27 heteroatoms. The molecule has 21 nitrogen and oxygen atoms in total. The topological polar surface area (TPSA) is 243 Å². The second kappa shape index (κ2) is 27.5. The van der Waals surface area contributed by atoms with E-state index >= 15 is 0 Å². The number of para-hydroxylation sites is 1. The Balaban J connectivity index is 0.000000204. The van der Waals surface area contributed by atoms with E-state index in [-0.39, 0.29) is 57.9 Å². The maximum atomic E-state index is 14.1. The molecule has 442 valence electrons. The van der Waals surface area contributed by atoms with Gasteiger partial charge in [-0.2, -0.15) is 8.84 Å². The van der Waals surface area contributed by atoms with E-state index < -0.39 is 35.3 Å². The molecule has 1 aliphatic rings. The monoisotopic (exact) mass is 1270 g/mol. The number of hydrogen-bond donors (Lipinski definition) is 4. The number of halogens is 5. The number of nitrogens with zero attached hydrogens (tertiary/aromatic N) is 8. The molecule has 4 atom stereocenters. The van der Waals surface area contributed by atoms with Crippen LogP contribution in [0, 0.1) is 27.7 Å². The van der Waals surface area contributed by atoms with E-state index in [0.29, 0.717) is 79.4 Å².